The molecule has 0 aliphatic carbocycles. The Labute approximate surface area is 114 Å². The van der Waals surface area contributed by atoms with Crippen LogP contribution < -0.4 is 22.1 Å². The predicted octanol–water partition coefficient (Wildman–Crippen LogP) is 0.353. The molecule has 6 nitrogen and oxygen atoms in total. The van der Waals surface area contributed by atoms with Crippen molar-refractivity contribution < 1.29 is 9.59 Å². The molecule has 0 aliphatic rings. The molecule has 2 amide bonds. The van der Waals surface area contributed by atoms with Gasteiger partial charge in [0.1, 0.15) is 0 Å². The lowest BCUT2D eigenvalue weighted by molar-refractivity contribution is -0.117. The fourth-order valence-corrected chi connectivity index (χ4v) is 2.22. The van der Waals surface area contributed by atoms with Crippen molar-refractivity contribution in [3.05, 3.63) is 22.2 Å². The van der Waals surface area contributed by atoms with E-state index in [1.807, 2.05) is 0 Å². The van der Waals surface area contributed by atoms with E-state index in [1.165, 1.54) is 17.0 Å². The largest absolute Gasteiger partial charge is 0.399 e. The van der Waals surface area contributed by atoms with Gasteiger partial charge in [-0.1, -0.05) is 23.2 Å². The number of carbonyl (C=O) groups is 2. The van der Waals surface area contributed by atoms with Crippen molar-refractivity contribution in [1.29, 1.82) is 0 Å². The highest BCUT2D eigenvalue weighted by Gasteiger charge is 2.18. The fourth-order valence-electron chi connectivity index (χ4n) is 1.48. The minimum Gasteiger partial charge on any atom is -0.399 e. The van der Waals surface area contributed by atoms with Gasteiger partial charge in [-0.2, -0.15) is 0 Å². The molecule has 98 valence electrons. The number of amides is 2. The molecule has 1 aromatic rings. The number of hydrogen-bond donors (Lipinski definition) is 3. The lowest BCUT2D eigenvalue weighted by Gasteiger charge is -2.24. The zero-order chi connectivity index (χ0) is 13.9. The maximum absolute atomic E-state index is 11.0. The molecule has 0 aliphatic heterocycles. The van der Waals surface area contributed by atoms with Crippen LogP contribution in [0.15, 0.2) is 12.1 Å². The normalized spacial score (nSPS) is 10.1. The van der Waals surface area contributed by atoms with Gasteiger partial charge in [0.05, 0.1) is 28.8 Å². The minimum atomic E-state index is -0.639. The van der Waals surface area contributed by atoms with Gasteiger partial charge < -0.3 is 22.1 Å². The molecule has 6 N–H and O–H groups in total. The van der Waals surface area contributed by atoms with Crippen LogP contribution in [0.5, 0.6) is 0 Å². The second kappa shape index (κ2) is 5.79. The smallest absolute Gasteiger partial charge is 0.236 e. The molecule has 0 spiro atoms. The molecular weight excluding hydrogens is 279 g/mol. The molecule has 0 atom stereocenters. The summed E-state index contributed by atoms with van der Waals surface area (Å²) in [5.74, 6) is -1.28. The van der Waals surface area contributed by atoms with Crippen molar-refractivity contribution in [2.75, 3.05) is 23.7 Å². The van der Waals surface area contributed by atoms with Crippen LogP contribution >= 0.6 is 23.2 Å². The average Bonchev–Trinajstić information content (AvgIpc) is 2.12. The third-order valence-electron chi connectivity index (χ3n) is 2.05. The number of carbonyl (C=O) groups excluding carboxylic acids is 2. The van der Waals surface area contributed by atoms with Crippen LogP contribution in [-0.4, -0.2) is 24.9 Å². The summed E-state index contributed by atoms with van der Waals surface area (Å²) >= 11 is 12.0. The van der Waals surface area contributed by atoms with Gasteiger partial charge in [-0.3, -0.25) is 9.59 Å². The number of rotatable bonds is 5. The predicted molar refractivity (Wildman–Crippen MR) is 71.5 cm³/mol. The highest BCUT2D eigenvalue weighted by atomic mass is 35.5. The molecule has 1 rings (SSSR count). The van der Waals surface area contributed by atoms with Gasteiger partial charge >= 0.3 is 0 Å². The fraction of sp³-hybridized carbons (Fsp3) is 0.200. The van der Waals surface area contributed by atoms with Crippen molar-refractivity contribution in [3.8, 4) is 0 Å². The van der Waals surface area contributed by atoms with E-state index in [9.17, 15) is 9.59 Å². The zero-order valence-corrected chi connectivity index (χ0v) is 10.8. The topological polar surface area (TPSA) is 115 Å². The molecule has 0 unspecified atom stereocenters. The average molecular weight is 291 g/mol. The Balaban J connectivity index is 3.19. The first-order valence-electron chi connectivity index (χ1n) is 4.87. The molecule has 0 fully saturated rings. The lowest BCUT2D eigenvalue weighted by atomic mass is 10.2. The quantitative estimate of drug-likeness (QED) is 0.679. The minimum absolute atomic E-state index is 0.211. The molecule has 18 heavy (non-hydrogen) atoms. The molecule has 8 heteroatoms. The highest BCUT2D eigenvalue weighted by molar-refractivity contribution is 6.39. The van der Waals surface area contributed by atoms with E-state index in [1.54, 1.807) is 0 Å². The van der Waals surface area contributed by atoms with E-state index >= 15 is 0 Å². The van der Waals surface area contributed by atoms with Crippen LogP contribution in [0.4, 0.5) is 11.4 Å². The Kier molecular flexibility index (Phi) is 4.63. The molecule has 0 heterocycles. The third-order valence-corrected chi connectivity index (χ3v) is 2.63. The van der Waals surface area contributed by atoms with Crippen LogP contribution in [0, 0.1) is 0 Å². The van der Waals surface area contributed by atoms with Crippen LogP contribution in [-0.2, 0) is 9.59 Å². The molecular formula is C10H12Cl2N4O2. The van der Waals surface area contributed by atoms with Gasteiger partial charge in [0.2, 0.25) is 11.8 Å². The van der Waals surface area contributed by atoms with Crippen molar-refractivity contribution in [2.24, 2.45) is 11.5 Å². The second-order valence-electron chi connectivity index (χ2n) is 3.62. The number of nitrogen functional groups attached to an aromatic ring is 1. The molecule has 0 aromatic heterocycles. The van der Waals surface area contributed by atoms with Gasteiger partial charge in [-0.25, -0.2) is 0 Å². The van der Waals surface area contributed by atoms with E-state index in [2.05, 4.69) is 0 Å². The van der Waals surface area contributed by atoms with Crippen molar-refractivity contribution in [2.45, 2.75) is 0 Å². The number of anilines is 2. The number of halogens is 2. The van der Waals surface area contributed by atoms with E-state index in [0.717, 1.165) is 0 Å². The Bertz CT molecular complexity index is 454. The molecule has 1 aromatic carbocycles. The molecule has 0 saturated carbocycles. The van der Waals surface area contributed by atoms with Gasteiger partial charge in [0.15, 0.2) is 0 Å². The number of hydrogen-bond acceptors (Lipinski definition) is 4. The first kappa shape index (κ1) is 14.4. The highest BCUT2D eigenvalue weighted by Crippen LogP contribution is 2.35. The van der Waals surface area contributed by atoms with E-state index in [4.69, 9.17) is 40.4 Å². The summed E-state index contributed by atoms with van der Waals surface area (Å²) in [6, 6.07) is 2.91. The summed E-state index contributed by atoms with van der Waals surface area (Å²) in [6.45, 7) is -0.460. The number of primary amides is 2. The van der Waals surface area contributed by atoms with Crippen molar-refractivity contribution >= 4 is 46.4 Å². The Hall–Kier alpha value is -1.66. The summed E-state index contributed by atoms with van der Waals surface area (Å²) in [7, 11) is 0. The second-order valence-corrected chi connectivity index (χ2v) is 4.44. The van der Waals surface area contributed by atoms with Crippen LogP contribution in [0.2, 0.25) is 10.0 Å². The third kappa shape index (κ3) is 3.68. The molecule has 0 saturated heterocycles. The van der Waals surface area contributed by atoms with Crippen molar-refractivity contribution in [3.63, 3.8) is 0 Å². The summed E-state index contributed by atoms with van der Waals surface area (Å²) in [5.41, 5.74) is 16.4. The number of nitrogens with two attached hydrogens (primary N) is 3. The monoisotopic (exact) mass is 290 g/mol. The SMILES string of the molecule is NC(=O)CN(CC(N)=O)c1c(Cl)cc(N)cc1Cl. The summed E-state index contributed by atoms with van der Waals surface area (Å²) in [6.07, 6.45) is 0. The standard InChI is InChI=1S/C10H12Cl2N4O2/c11-6-1-5(13)2-7(12)10(6)16(3-8(14)17)4-9(15)18/h1-2H,3-4,13H2,(H2,14,17)(H2,15,18). The van der Waals surface area contributed by atoms with Gasteiger partial charge in [-0.15, -0.1) is 0 Å². The summed E-state index contributed by atoms with van der Waals surface area (Å²) in [4.78, 5) is 23.2. The molecule has 0 bridgehead atoms. The molecule has 0 radical (unpaired) electrons. The first-order valence-corrected chi connectivity index (χ1v) is 5.63. The lowest BCUT2D eigenvalue weighted by Crippen LogP contribution is -2.40. The Morgan fingerprint density at radius 3 is 1.78 bits per heavy atom. The van der Waals surface area contributed by atoms with Crippen LogP contribution in [0.3, 0.4) is 0 Å². The summed E-state index contributed by atoms with van der Waals surface area (Å²) < 4.78 is 0. The van der Waals surface area contributed by atoms with E-state index in [-0.39, 0.29) is 23.1 Å². The van der Waals surface area contributed by atoms with Crippen LogP contribution in [0.1, 0.15) is 0 Å². The van der Waals surface area contributed by atoms with Gasteiger partial charge in [-0.05, 0) is 12.1 Å². The van der Waals surface area contributed by atoms with E-state index in [0.29, 0.717) is 11.4 Å². The first-order chi connectivity index (χ1) is 8.31. The van der Waals surface area contributed by atoms with E-state index < -0.39 is 11.8 Å². The maximum atomic E-state index is 11.0. The zero-order valence-electron chi connectivity index (χ0n) is 9.32. The Morgan fingerprint density at radius 1 is 1.06 bits per heavy atom. The number of benzene rings is 1. The number of nitrogens with zero attached hydrogens (tertiary/aromatic N) is 1. The van der Waals surface area contributed by atoms with Crippen molar-refractivity contribution in [1.82, 2.24) is 0 Å². The van der Waals surface area contributed by atoms with Crippen LogP contribution in [0.25, 0.3) is 0 Å². The Morgan fingerprint density at radius 2 is 1.44 bits per heavy atom. The van der Waals surface area contributed by atoms with Gasteiger partial charge in [0, 0.05) is 5.69 Å². The maximum Gasteiger partial charge on any atom is 0.236 e. The summed E-state index contributed by atoms with van der Waals surface area (Å²) in [5, 5.41) is 0.421. The van der Waals surface area contributed by atoms with Gasteiger partial charge in [0.25, 0.3) is 0 Å².